The van der Waals surface area contributed by atoms with Gasteiger partial charge >= 0.3 is 0 Å². The molecule has 2 aromatic rings. The molecule has 2 aromatic carbocycles. The zero-order valence-electron chi connectivity index (χ0n) is 24.5. The van der Waals surface area contributed by atoms with E-state index in [1.54, 1.807) is 12.1 Å². The third kappa shape index (κ3) is 5.92. The van der Waals surface area contributed by atoms with Gasteiger partial charge in [-0.2, -0.15) is 0 Å². The van der Waals surface area contributed by atoms with Crippen molar-refractivity contribution in [3.63, 3.8) is 0 Å². The van der Waals surface area contributed by atoms with Crippen LogP contribution in [-0.4, -0.2) is 71.1 Å². The number of anilines is 1. The molecule has 0 unspecified atom stereocenters. The molecule has 0 radical (unpaired) electrons. The maximum atomic E-state index is 13.4. The number of benzene rings is 1. The standard InChI is InChI=1S/C31H38ClN3O6S/c1-5-22-16-40-17-29(36)34(4)21(3)30(37)33-42(38,39)25-9-11-28-27(14-25)35(15-20(22)2)18-31(19-41-28)12-6-7-23-13-24(32)8-10-26(23)31/h9,11,13-14,20-22H,5-7,12,15-19H2,1-4H3,(H,33,37)/t20-,21-,22-,31-/m0/s1. The summed E-state index contributed by atoms with van der Waals surface area (Å²) in [5.41, 5.74) is 2.43. The molecule has 1 spiro atoms. The Morgan fingerprint density at radius 3 is 2.74 bits per heavy atom. The second-order valence-electron chi connectivity index (χ2n) is 11.9. The van der Waals surface area contributed by atoms with Gasteiger partial charge in [-0.15, -0.1) is 0 Å². The summed E-state index contributed by atoms with van der Waals surface area (Å²) in [4.78, 5) is 29.1. The van der Waals surface area contributed by atoms with Crippen molar-refractivity contribution in [2.24, 2.45) is 11.8 Å². The van der Waals surface area contributed by atoms with Crippen molar-refractivity contribution in [3.8, 4) is 5.75 Å². The molecule has 226 valence electrons. The molecule has 0 fully saturated rings. The van der Waals surface area contributed by atoms with Gasteiger partial charge in [0.1, 0.15) is 25.0 Å². The summed E-state index contributed by atoms with van der Waals surface area (Å²) in [5.74, 6) is -0.333. The van der Waals surface area contributed by atoms with Crippen LogP contribution >= 0.6 is 11.6 Å². The first-order chi connectivity index (χ1) is 19.9. The van der Waals surface area contributed by atoms with Crippen LogP contribution in [0.25, 0.3) is 0 Å². The highest BCUT2D eigenvalue weighted by molar-refractivity contribution is 7.90. The third-order valence-electron chi connectivity index (χ3n) is 9.12. The predicted octanol–water partition coefficient (Wildman–Crippen LogP) is 3.76. The third-order valence-corrected chi connectivity index (χ3v) is 10.7. The molecule has 4 atom stereocenters. The largest absolute Gasteiger partial charge is 0.490 e. The van der Waals surface area contributed by atoms with E-state index in [1.807, 2.05) is 6.07 Å². The number of carbonyl (C=O) groups is 2. The van der Waals surface area contributed by atoms with Crippen molar-refractivity contribution in [3.05, 3.63) is 52.5 Å². The van der Waals surface area contributed by atoms with Crippen LogP contribution < -0.4 is 14.4 Å². The number of carbonyl (C=O) groups excluding carboxylic acids is 2. The number of amides is 2. The topological polar surface area (TPSA) is 105 Å². The van der Waals surface area contributed by atoms with Crippen LogP contribution in [0.5, 0.6) is 5.75 Å². The van der Waals surface area contributed by atoms with Gasteiger partial charge in [0.05, 0.1) is 27.6 Å². The normalized spacial score (nSPS) is 28.3. The van der Waals surface area contributed by atoms with E-state index in [2.05, 4.69) is 35.6 Å². The highest BCUT2D eigenvalue weighted by Crippen LogP contribution is 2.44. The zero-order chi connectivity index (χ0) is 30.2. The average molecular weight is 616 g/mol. The molecule has 5 rings (SSSR count). The van der Waals surface area contributed by atoms with E-state index in [0.717, 1.165) is 36.8 Å². The number of halogens is 1. The number of aryl methyl sites for hydroxylation is 1. The van der Waals surface area contributed by atoms with Crippen LogP contribution in [0.1, 0.15) is 51.2 Å². The summed E-state index contributed by atoms with van der Waals surface area (Å²) in [7, 11) is -2.77. The monoisotopic (exact) mass is 615 g/mol. The van der Waals surface area contributed by atoms with Crippen LogP contribution in [-0.2, 0) is 36.2 Å². The van der Waals surface area contributed by atoms with Crippen LogP contribution in [0.15, 0.2) is 29.2 Å². The second-order valence-corrected chi connectivity index (χ2v) is 14.0. The number of nitrogens with one attached hydrogen (secondary N) is 1. The summed E-state index contributed by atoms with van der Waals surface area (Å²) in [6, 6.07) is 12.0. The Morgan fingerprint density at radius 1 is 1.19 bits per heavy atom. The molecule has 9 nitrogen and oxygen atoms in total. The average Bonchev–Trinajstić information content (AvgIpc) is 3.10. The van der Waals surface area contributed by atoms with Crippen LogP contribution in [0.3, 0.4) is 0 Å². The Labute approximate surface area is 253 Å². The van der Waals surface area contributed by atoms with Gasteiger partial charge in [-0.1, -0.05) is 37.9 Å². The fourth-order valence-corrected chi connectivity index (χ4v) is 7.58. The molecular weight excluding hydrogens is 578 g/mol. The van der Waals surface area contributed by atoms with Gasteiger partial charge < -0.3 is 19.3 Å². The molecule has 3 aliphatic rings. The van der Waals surface area contributed by atoms with Gasteiger partial charge in [-0.25, -0.2) is 13.1 Å². The number of sulfonamides is 1. The lowest BCUT2D eigenvalue weighted by Crippen LogP contribution is -2.49. The maximum absolute atomic E-state index is 13.4. The molecule has 0 saturated carbocycles. The quantitative estimate of drug-likeness (QED) is 0.521. The number of hydrogen-bond acceptors (Lipinski definition) is 7. The number of hydrogen-bond donors (Lipinski definition) is 1. The van der Waals surface area contributed by atoms with Crippen LogP contribution in [0.2, 0.25) is 5.02 Å². The molecular formula is C31H38ClN3O6S. The smallest absolute Gasteiger partial charge is 0.264 e. The van der Waals surface area contributed by atoms with Gasteiger partial charge in [0.25, 0.3) is 15.9 Å². The van der Waals surface area contributed by atoms with Crippen molar-refractivity contribution in [2.45, 2.75) is 62.8 Å². The van der Waals surface area contributed by atoms with Crippen molar-refractivity contribution in [2.75, 3.05) is 44.9 Å². The summed E-state index contributed by atoms with van der Waals surface area (Å²) in [6.07, 6.45) is 3.57. The van der Waals surface area contributed by atoms with Crippen molar-refractivity contribution in [1.82, 2.24) is 9.62 Å². The minimum atomic E-state index is -4.24. The van der Waals surface area contributed by atoms with Gasteiger partial charge in [0.2, 0.25) is 5.91 Å². The molecule has 2 amide bonds. The molecule has 11 heteroatoms. The lowest BCUT2D eigenvalue weighted by molar-refractivity contribution is -0.141. The minimum Gasteiger partial charge on any atom is -0.490 e. The Kier molecular flexibility index (Phi) is 8.66. The molecule has 1 N–H and O–H groups in total. The number of nitrogens with zero attached hydrogens (tertiary/aromatic N) is 2. The fraction of sp³-hybridized carbons (Fsp3) is 0.548. The first-order valence-corrected chi connectivity index (χ1v) is 16.3. The molecule has 2 aliphatic heterocycles. The van der Waals surface area contributed by atoms with Crippen molar-refractivity contribution >= 4 is 39.1 Å². The van der Waals surface area contributed by atoms with Gasteiger partial charge in [-0.3, -0.25) is 9.59 Å². The van der Waals surface area contributed by atoms with E-state index < -0.39 is 33.3 Å². The molecule has 1 aliphatic carbocycles. The summed E-state index contributed by atoms with van der Waals surface area (Å²) < 4.78 is 41.3. The number of likely N-dealkylation sites (N-methyl/N-ethyl adjacent to an activating group) is 1. The highest BCUT2D eigenvalue weighted by atomic mass is 35.5. The lowest BCUT2D eigenvalue weighted by Gasteiger charge is -2.41. The minimum absolute atomic E-state index is 0.0498. The molecule has 2 bridgehead atoms. The number of fused-ring (bicyclic) bond motifs is 3. The fourth-order valence-electron chi connectivity index (χ4n) is 6.34. The Morgan fingerprint density at radius 2 is 1.98 bits per heavy atom. The van der Waals surface area contributed by atoms with Gasteiger partial charge in [0, 0.05) is 25.7 Å². The van der Waals surface area contributed by atoms with E-state index in [9.17, 15) is 18.0 Å². The maximum Gasteiger partial charge on any atom is 0.264 e. The van der Waals surface area contributed by atoms with E-state index in [-0.39, 0.29) is 23.3 Å². The van der Waals surface area contributed by atoms with E-state index >= 15 is 0 Å². The summed E-state index contributed by atoms with van der Waals surface area (Å²) in [6.45, 7) is 7.52. The SMILES string of the molecule is CC[C@H]1COCC(=O)N(C)[C@@H](C)C(=O)NS(=O)(=O)c2ccc3c(c2)N(C[C@@H]1C)C[C@@]1(CCCc2cc(Cl)c#cc21)CO3. The summed E-state index contributed by atoms with van der Waals surface area (Å²) >= 11 is 6.29. The van der Waals surface area contributed by atoms with Gasteiger partial charge in [-0.05, 0) is 73.9 Å². The Bertz CT molecular complexity index is 1470. The van der Waals surface area contributed by atoms with Crippen LogP contribution in [0.4, 0.5) is 5.69 Å². The Hall–Kier alpha value is -3.00. The van der Waals surface area contributed by atoms with E-state index in [1.165, 1.54) is 24.9 Å². The first kappa shape index (κ1) is 30.5. The number of rotatable bonds is 1. The first-order valence-electron chi connectivity index (χ1n) is 14.5. The van der Waals surface area contributed by atoms with Gasteiger partial charge in [0.15, 0.2) is 0 Å². The zero-order valence-corrected chi connectivity index (χ0v) is 26.1. The lowest BCUT2D eigenvalue weighted by atomic mass is 9.70. The molecule has 42 heavy (non-hydrogen) atoms. The predicted molar refractivity (Wildman–Crippen MR) is 159 cm³/mol. The molecule has 2 heterocycles. The van der Waals surface area contributed by atoms with E-state index in [0.29, 0.717) is 42.8 Å². The summed E-state index contributed by atoms with van der Waals surface area (Å²) in [5, 5.41) is 0.531. The van der Waals surface area contributed by atoms with Crippen LogP contribution in [0, 0.1) is 24.0 Å². The van der Waals surface area contributed by atoms with E-state index in [4.69, 9.17) is 21.1 Å². The Balaban J connectivity index is 1.59. The molecule has 0 saturated heterocycles. The van der Waals surface area contributed by atoms with Crippen molar-refractivity contribution < 1.29 is 27.5 Å². The second kappa shape index (κ2) is 11.9. The number of ether oxygens (including phenoxy) is 2. The molecule has 0 aromatic heterocycles. The van der Waals surface area contributed by atoms with Crippen molar-refractivity contribution in [1.29, 1.82) is 0 Å². The highest BCUT2D eigenvalue weighted by Gasteiger charge is 2.43.